The van der Waals surface area contributed by atoms with E-state index in [9.17, 15) is 17.6 Å². The molecule has 1 N–H and O–H groups in total. The van der Waals surface area contributed by atoms with Crippen LogP contribution in [0.2, 0.25) is 0 Å². The zero-order chi connectivity index (χ0) is 14.6. The van der Waals surface area contributed by atoms with Gasteiger partial charge in [0, 0.05) is 12.1 Å². The van der Waals surface area contributed by atoms with Crippen LogP contribution in [0.15, 0.2) is 42.6 Å². The first kappa shape index (κ1) is 14.1. The Balaban J connectivity index is 2.07. The van der Waals surface area contributed by atoms with Crippen LogP contribution in [0.5, 0.6) is 5.75 Å². The highest BCUT2D eigenvalue weighted by atomic mass is 19.4. The summed E-state index contributed by atoms with van der Waals surface area (Å²) in [7, 11) is 0. The summed E-state index contributed by atoms with van der Waals surface area (Å²) in [5, 5.41) is 2.84. The fraction of sp³-hybridized carbons (Fsp3) is 0.154. The SMILES string of the molecule is Fc1ccc(NCc2ccccc2OC(F)(F)F)cn1. The summed E-state index contributed by atoms with van der Waals surface area (Å²) in [6.07, 6.45) is -3.49. The molecule has 0 fully saturated rings. The maximum Gasteiger partial charge on any atom is 0.573 e. The smallest absolute Gasteiger partial charge is 0.405 e. The molecule has 0 atom stereocenters. The van der Waals surface area contributed by atoms with Gasteiger partial charge in [-0.05, 0) is 18.2 Å². The molecule has 2 rings (SSSR count). The summed E-state index contributed by atoms with van der Waals surface area (Å²) in [5.41, 5.74) is 0.822. The van der Waals surface area contributed by atoms with Crippen molar-refractivity contribution in [1.29, 1.82) is 0 Å². The normalized spacial score (nSPS) is 11.2. The molecule has 0 amide bonds. The van der Waals surface area contributed by atoms with Crippen molar-refractivity contribution in [3.05, 3.63) is 54.1 Å². The third-order valence-electron chi connectivity index (χ3n) is 2.41. The number of alkyl halides is 3. The molecule has 7 heteroatoms. The first-order chi connectivity index (χ1) is 9.44. The summed E-state index contributed by atoms with van der Waals surface area (Å²) < 4.78 is 53.2. The van der Waals surface area contributed by atoms with Crippen LogP contribution in [0.4, 0.5) is 23.2 Å². The Hall–Kier alpha value is -2.31. The standard InChI is InChI=1S/C13H10F4N2O/c14-12-6-5-10(8-19-12)18-7-9-3-1-2-4-11(9)20-13(15,16)17/h1-6,8,18H,7H2. The van der Waals surface area contributed by atoms with Gasteiger partial charge >= 0.3 is 6.36 Å². The maximum absolute atomic E-state index is 12.6. The van der Waals surface area contributed by atoms with Crippen LogP contribution in [-0.4, -0.2) is 11.3 Å². The summed E-state index contributed by atoms with van der Waals surface area (Å²) in [5.74, 6) is -0.904. The van der Waals surface area contributed by atoms with Crippen LogP contribution < -0.4 is 10.1 Å². The fourth-order valence-electron chi connectivity index (χ4n) is 1.55. The fourth-order valence-corrected chi connectivity index (χ4v) is 1.55. The summed E-state index contributed by atoms with van der Waals surface area (Å²) >= 11 is 0. The molecule has 2 aromatic rings. The highest BCUT2D eigenvalue weighted by molar-refractivity contribution is 5.43. The van der Waals surface area contributed by atoms with E-state index in [2.05, 4.69) is 15.0 Å². The van der Waals surface area contributed by atoms with Gasteiger partial charge in [-0.3, -0.25) is 0 Å². The number of nitrogens with one attached hydrogen (secondary N) is 1. The molecule has 0 bridgehead atoms. The average Bonchev–Trinajstić information content (AvgIpc) is 2.38. The van der Waals surface area contributed by atoms with E-state index in [1.165, 1.54) is 30.5 Å². The number of benzene rings is 1. The number of hydrogen-bond donors (Lipinski definition) is 1. The van der Waals surface area contributed by atoms with Gasteiger partial charge in [0.2, 0.25) is 5.95 Å². The van der Waals surface area contributed by atoms with Gasteiger partial charge in [-0.25, -0.2) is 4.98 Å². The molecule has 1 aromatic heterocycles. The van der Waals surface area contributed by atoms with Crippen molar-refractivity contribution in [3.63, 3.8) is 0 Å². The molecule has 3 nitrogen and oxygen atoms in total. The van der Waals surface area contributed by atoms with Crippen molar-refractivity contribution in [2.45, 2.75) is 12.9 Å². The van der Waals surface area contributed by atoms with Gasteiger partial charge in [-0.2, -0.15) is 4.39 Å². The molecule has 0 saturated carbocycles. The Kier molecular flexibility index (Phi) is 4.07. The lowest BCUT2D eigenvalue weighted by molar-refractivity contribution is -0.274. The van der Waals surface area contributed by atoms with Crippen LogP contribution in [0.3, 0.4) is 0 Å². The predicted octanol–water partition coefficient (Wildman–Crippen LogP) is 3.73. The highest BCUT2D eigenvalue weighted by Gasteiger charge is 2.31. The van der Waals surface area contributed by atoms with Crippen LogP contribution in [0.25, 0.3) is 0 Å². The Labute approximate surface area is 112 Å². The van der Waals surface area contributed by atoms with Crippen molar-refractivity contribution < 1.29 is 22.3 Å². The lowest BCUT2D eigenvalue weighted by atomic mass is 10.2. The van der Waals surface area contributed by atoms with E-state index < -0.39 is 12.3 Å². The number of anilines is 1. The predicted molar refractivity (Wildman–Crippen MR) is 64.6 cm³/mol. The zero-order valence-electron chi connectivity index (χ0n) is 10.1. The quantitative estimate of drug-likeness (QED) is 0.687. The van der Waals surface area contributed by atoms with E-state index in [0.717, 1.165) is 6.07 Å². The first-order valence-corrected chi connectivity index (χ1v) is 5.63. The number of nitrogens with zero attached hydrogens (tertiary/aromatic N) is 1. The molecule has 0 aliphatic carbocycles. The Morgan fingerprint density at radius 2 is 1.85 bits per heavy atom. The van der Waals surface area contributed by atoms with E-state index in [1.54, 1.807) is 6.07 Å². The van der Waals surface area contributed by atoms with E-state index in [0.29, 0.717) is 11.3 Å². The average molecular weight is 286 g/mol. The molecule has 0 radical (unpaired) electrons. The summed E-state index contributed by atoms with van der Waals surface area (Å²) in [6.45, 7) is 0.0968. The van der Waals surface area contributed by atoms with Crippen LogP contribution >= 0.6 is 0 Å². The van der Waals surface area contributed by atoms with E-state index in [1.807, 2.05) is 0 Å². The summed E-state index contributed by atoms with van der Waals surface area (Å²) in [6, 6.07) is 8.38. The minimum atomic E-state index is -4.74. The molecule has 0 aliphatic rings. The van der Waals surface area contributed by atoms with E-state index in [-0.39, 0.29) is 12.3 Å². The van der Waals surface area contributed by atoms with E-state index in [4.69, 9.17) is 0 Å². The molecular weight excluding hydrogens is 276 g/mol. The van der Waals surface area contributed by atoms with Gasteiger partial charge in [-0.15, -0.1) is 13.2 Å². The van der Waals surface area contributed by atoms with Crippen LogP contribution in [-0.2, 0) is 6.54 Å². The Bertz CT molecular complexity index is 569. The molecule has 1 aromatic carbocycles. The number of hydrogen-bond acceptors (Lipinski definition) is 3. The minimum Gasteiger partial charge on any atom is -0.405 e. The van der Waals surface area contributed by atoms with E-state index >= 15 is 0 Å². The topological polar surface area (TPSA) is 34.1 Å². The molecule has 1 heterocycles. The molecule has 20 heavy (non-hydrogen) atoms. The molecule has 0 saturated heterocycles. The van der Waals surface area contributed by atoms with Crippen molar-refractivity contribution in [2.24, 2.45) is 0 Å². The number of aromatic nitrogens is 1. The molecule has 0 unspecified atom stereocenters. The summed E-state index contributed by atoms with van der Waals surface area (Å²) in [4.78, 5) is 3.43. The minimum absolute atomic E-state index is 0.0968. The van der Waals surface area contributed by atoms with Crippen molar-refractivity contribution in [2.75, 3.05) is 5.32 Å². The Morgan fingerprint density at radius 3 is 2.50 bits per heavy atom. The highest BCUT2D eigenvalue weighted by Crippen LogP contribution is 2.26. The third kappa shape index (κ3) is 4.11. The van der Waals surface area contributed by atoms with Gasteiger partial charge in [0.15, 0.2) is 0 Å². The molecule has 106 valence electrons. The van der Waals surface area contributed by atoms with Gasteiger partial charge in [0.25, 0.3) is 0 Å². The second-order valence-corrected chi connectivity index (χ2v) is 3.88. The van der Waals surface area contributed by atoms with Gasteiger partial charge in [0.1, 0.15) is 5.75 Å². The number of halogens is 4. The van der Waals surface area contributed by atoms with Gasteiger partial charge in [0.05, 0.1) is 11.9 Å². The second kappa shape index (κ2) is 5.77. The second-order valence-electron chi connectivity index (χ2n) is 3.88. The lowest BCUT2D eigenvalue weighted by Gasteiger charge is -2.13. The van der Waals surface area contributed by atoms with Crippen LogP contribution in [0, 0.1) is 5.95 Å². The van der Waals surface area contributed by atoms with Crippen LogP contribution in [0.1, 0.15) is 5.56 Å². The monoisotopic (exact) mass is 286 g/mol. The Morgan fingerprint density at radius 1 is 1.10 bits per heavy atom. The molecule has 0 aliphatic heterocycles. The third-order valence-corrected chi connectivity index (χ3v) is 2.41. The first-order valence-electron chi connectivity index (χ1n) is 5.63. The largest absolute Gasteiger partial charge is 0.573 e. The number of pyridine rings is 1. The van der Waals surface area contributed by atoms with Gasteiger partial charge < -0.3 is 10.1 Å². The number of para-hydroxylation sites is 1. The van der Waals surface area contributed by atoms with Crippen molar-refractivity contribution >= 4 is 5.69 Å². The van der Waals surface area contributed by atoms with Gasteiger partial charge in [-0.1, -0.05) is 18.2 Å². The lowest BCUT2D eigenvalue weighted by Crippen LogP contribution is -2.18. The zero-order valence-corrected chi connectivity index (χ0v) is 10.1. The molecular formula is C13H10F4N2O. The van der Waals surface area contributed by atoms with Crippen molar-refractivity contribution in [1.82, 2.24) is 4.98 Å². The van der Waals surface area contributed by atoms with Crippen molar-refractivity contribution in [3.8, 4) is 5.75 Å². The number of ether oxygens (including phenoxy) is 1. The maximum atomic E-state index is 12.6. The number of rotatable bonds is 4. The molecule has 0 spiro atoms.